The molecule has 1 aromatic carbocycles. The van der Waals surface area contributed by atoms with E-state index in [0.29, 0.717) is 0 Å². The van der Waals surface area contributed by atoms with E-state index >= 15 is 0 Å². The Balaban J connectivity index is 2.28. The fourth-order valence-corrected chi connectivity index (χ4v) is 2.00. The van der Waals surface area contributed by atoms with Gasteiger partial charge in [-0.15, -0.1) is 0 Å². The number of benzene rings is 1. The summed E-state index contributed by atoms with van der Waals surface area (Å²) in [4.78, 5) is 0. The smallest absolute Gasteiger partial charge is 0.147 e. The monoisotopic (exact) mass is 187 g/mol. The quantitative estimate of drug-likeness (QED) is 0.690. The normalized spacial score (nSPS) is 23.9. The van der Waals surface area contributed by atoms with E-state index < -0.39 is 5.60 Å². The van der Waals surface area contributed by atoms with E-state index in [1.54, 1.807) is 0 Å². The first-order chi connectivity index (χ1) is 6.76. The molecule has 0 heterocycles. The van der Waals surface area contributed by atoms with Gasteiger partial charge in [0, 0.05) is 0 Å². The molecule has 1 heteroatoms. The summed E-state index contributed by atoms with van der Waals surface area (Å²) >= 11 is 0. The summed E-state index contributed by atoms with van der Waals surface area (Å²) in [5, 5.41) is 12.4. The molecule has 1 nitrogen and oxygen atoms in total. The molecule has 2 rings (SSSR count). The van der Waals surface area contributed by atoms with E-state index in [1.165, 1.54) is 0 Å². The van der Waals surface area contributed by atoms with Gasteiger partial charge in [-0.1, -0.05) is 50.1 Å². The van der Waals surface area contributed by atoms with Gasteiger partial charge in [-0.2, -0.15) is 0 Å². The molecular weight excluding hydrogens is 172 g/mol. The predicted molar refractivity (Wildman–Crippen MR) is 57.4 cm³/mol. The summed E-state index contributed by atoms with van der Waals surface area (Å²) in [5.74, 6) is 0. The molecule has 1 atom stereocenters. The molecule has 0 N–H and O–H groups in total. The van der Waals surface area contributed by atoms with Gasteiger partial charge in [0.25, 0.3) is 0 Å². The molecule has 0 amide bonds. The molecule has 0 fully saturated rings. The van der Waals surface area contributed by atoms with Gasteiger partial charge in [0.15, 0.2) is 0 Å². The summed E-state index contributed by atoms with van der Waals surface area (Å²) in [5.41, 5.74) is 1.10. The van der Waals surface area contributed by atoms with Gasteiger partial charge >= 0.3 is 0 Å². The van der Waals surface area contributed by atoms with Gasteiger partial charge in [0.1, 0.15) is 5.60 Å². The van der Waals surface area contributed by atoms with Crippen molar-refractivity contribution in [3.8, 4) is 0 Å². The van der Waals surface area contributed by atoms with Gasteiger partial charge in [-0.3, -0.25) is 0 Å². The molecule has 0 bridgehead atoms. The van der Waals surface area contributed by atoms with Crippen LogP contribution in [-0.4, -0.2) is 0 Å². The molecule has 1 aromatic rings. The first kappa shape index (κ1) is 9.47. The van der Waals surface area contributed by atoms with Crippen molar-refractivity contribution >= 4 is 6.08 Å². The van der Waals surface area contributed by atoms with Crippen LogP contribution < -0.4 is 0 Å². The van der Waals surface area contributed by atoms with Gasteiger partial charge in [-0.05, 0) is 23.6 Å². The molecule has 1 unspecified atom stereocenters. The van der Waals surface area contributed by atoms with Gasteiger partial charge < -0.3 is 0 Å². The Morgan fingerprint density at radius 2 is 2.07 bits per heavy atom. The summed E-state index contributed by atoms with van der Waals surface area (Å²) < 4.78 is 0. The minimum atomic E-state index is -0.952. The van der Waals surface area contributed by atoms with Gasteiger partial charge in [0.05, 0.1) is 0 Å². The van der Waals surface area contributed by atoms with Crippen molar-refractivity contribution in [1.29, 1.82) is 0 Å². The van der Waals surface area contributed by atoms with Crippen molar-refractivity contribution in [2.24, 2.45) is 0 Å². The Labute approximate surface area is 85.1 Å². The van der Waals surface area contributed by atoms with Crippen LogP contribution >= 0.6 is 0 Å². The minimum absolute atomic E-state index is 0.719. The molecule has 0 spiro atoms. The number of fused-ring (bicyclic) bond motifs is 1. The second kappa shape index (κ2) is 3.58. The largest absolute Gasteiger partial charge is 0.220 e. The summed E-state index contributed by atoms with van der Waals surface area (Å²) in [7, 11) is 0. The van der Waals surface area contributed by atoms with Crippen LogP contribution in [0.1, 0.15) is 37.3 Å². The average molecular weight is 187 g/mol. The number of hydrogen-bond donors (Lipinski definition) is 0. The molecule has 1 aliphatic carbocycles. The highest BCUT2D eigenvalue weighted by Gasteiger charge is 2.33. The molecule has 0 saturated heterocycles. The van der Waals surface area contributed by atoms with Crippen molar-refractivity contribution < 1.29 is 5.11 Å². The topological polar surface area (TPSA) is 19.9 Å². The van der Waals surface area contributed by atoms with Crippen LogP contribution in [-0.2, 0) is 10.7 Å². The zero-order chi connectivity index (χ0) is 10.0. The van der Waals surface area contributed by atoms with E-state index in [4.69, 9.17) is 0 Å². The fraction of sp³-hybridized carbons (Fsp3) is 0.385. The molecule has 14 heavy (non-hydrogen) atoms. The van der Waals surface area contributed by atoms with Gasteiger partial charge in [-0.25, -0.2) is 5.11 Å². The average Bonchev–Trinajstić information content (AvgIpc) is 2.55. The van der Waals surface area contributed by atoms with Gasteiger partial charge in [0.2, 0.25) is 0 Å². The Hall–Kier alpha value is -1.08. The maximum Gasteiger partial charge on any atom is 0.147 e. The number of unbranched alkanes of at least 4 members (excludes halogenated alkanes) is 1. The van der Waals surface area contributed by atoms with E-state index in [0.717, 1.165) is 30.4 Å². The highest BCUT2D eigenvalue weighted by molar-refractivity contribution is 5.63. The highest BCUT2D eigenvalue weighted by Crippen LogP contribution is 2.37. The maximum absolute atomic E-state index is 12.4. The van der Waals surface area contributed by atoms with Crippen LogP contribution in [0, 0.1) is 0 Å². The Bertz CT molecular complexity index is 354. The van der Waals surface area contributed by atoms with Crippen LogP contribution in [0.3, 0.4) is 0 Å². The zero-order valence-corrected chi connectivity index (χ0v) is 8.49. The lowest BCUT2D eigenvalue weighted by molar-refractivity contribution is 0.00367. The third-order valence-electron chi connectivity index (χ3n) is 2.85. The Kier molecular flexibility index (Phi) is 2.42. The van der Waals surface area contributed by atoms with Crippen LogP contribution in [0.4, 0.5) is 0 Å². The van der Waals surface area contributed by atoms with Crippen molar-refractivity contribution in [3.63, 3.8) is 0 Å². The molecule has 1 aliphatic rings. The molecule has 73 valence electrons. The minimum Gasteiger partial charge on any atom is -0.220 e. The van der Waals surface area contributed by atoms with E-state index in [1.807, 2.05) is 36.4 Å². The zero-order valence-electron chi connectivity index (χ0n) is 8.49. The SMILES string of the molecule is CCCCC1([O])C=Cc2ccccc21. The van der Waals surface area contributed by atoms with Crippen molar-refractivity contribution in [2.75, 3.05) is 0 Å². The predicted octanol–water partition coefficient (Wildman–Crippen LogP) is 3.53. The van der Waals surface area contributed by atoms with Crippen LogP contribution in [0.25, 0.3) is 6.08 Å². The summed E-state index contributed by atoms with van der Waals surface area (Å²) in [6.07, 6.45) is 6.57. The second-order valence-electron chi connectivity index (χ2n) is 3.91. The Morgan fingerprint density at radius 1 is 1.29 bits per heavy atom. The molecule has 0 aromatic heterocycles. The summed E-state index contributed by atoms with van der Waals surface area (Å²) in [6, 6.07) is 7.90. The van der Waals surface area contributed by atoms with E-state index in [2.05, 4.69) is 6.92 Å². The third-order valence-corrected chi connectivity index (χ3v) is 2.85. The molecule has 0 aliphatic heterocycles. The highest BCUT2D eigenvalue weighted by atomic mass is 16.3. The van der Waals surface area contributed by atoms with Crippen molar-refractivity contribution in [2.45, 2.75) is 31.8 Å². The lowest BCUT2D eigenvalue weighted by Gasteiger charge is -2.19. The second-order valence-corrected chi connectivity index (χ2v) is 3.91. The number of rotatable bonds is 3. The first-order valence-corrected chi connectivity index (χ1v) is 5.25. The van der Waals surface area contributed by atoms with Crippen molar-refractivity contribution in [3.05, 3.63) is 41.5 Å². The standard InChI is InChI=1S/C13H15O/c1-2-3-9-13(14)10-8-11-6-4-5-7-12(11)13/h4-8,10H,2-3,9H2,1H3. The molecule has 0 saturated carbocycles. The summed E-state index contributed by atoms with van der Waals surface area (Å²) in [6.45, 7) is 2.12. The van der Waals surface area contributed by atoms with E-state index in [-0.39, 0.29) is 0 Å². The number of hydrogen-bond acceptors (Lipinski definition) is 0. The third kappa shape index (κ3) is 1.48. The first-order valence-electron chi connectivity index (χ1n) is 5.25. The molecular formula is C13H15O. The van der Waals surface area contributed by atoms with Crippen LogP contribution in [0.15, 0.2) is 30.3 Å². The molecule has 1 radical (unpaired) electrons. The van der Waals surface area contributed by atoms with Crippen LogP contribution in [0.5, 0.6) is 0 Å². The fourth-order valence-electron chi connectivity index (χ4n) is 2.00. The van der Waals surface area contributed by atoms with Crippen LogP contribution in [0.2, 0.25) is 0 Å². The van der Waals surface area contributed by atoms with E-state index in [9.17, 15) is 5.11 Å². The lowest BCUT2D eigenvalue weighted by Crippen LogP contribution is -2.18. The Morgan fingerprint density at radius 3 is 2.86 bits per heavy atom. The van der Waals surface area contributed by atoms with Crippen molar-refractivity contribution in [1.82, 2.24) is 0 Å². The maximum atomic E-state index is 12.4. The lowest BCUT2D eigenvalue weighted by atomic mass is 9.91.